The topological polar surface area (TPSA) is 749 Å². The van der Waals surface area contributed by atoms with Crippen LogP contribution in [0, 0.1) is 33.5 Å². The number of carboxylic acid groups (broad SMARTS) is 1. The van der Waals surface area contributed by atoms with Crippen LogP contribution >= 0.6 is 25.3 Å². The summed E-state index contributed by atoms with van der Waals surface area (Å²) in [6, 6.07) is -0.926. The van der Waals surface area contributed by atoms with Gasteiger partial charge in [-0.05, 0) is 87.7 Å². The Morgan fingerprint density at radius 3 is 1.22 bits per heavy atom. The second-order valence-corrected chi connectivity index (χ2v) is 28.7. The number of guanidine groups is 4. The molecule has 0 aromatic heterocycles. The molecule has 0 unspecified atom stereocenters. The quantitative estimate of drug-likeness (QED) is 0.00961. The number of nitrogens with one attached hydrogen (secondary N) is 21. The van der Waals surface area contributed by atoms with Gasteiger partial charge in [-0.3, -0.25) is 98.3 Å². The number of carbonyl (C=O) groups is 16. The van der Waals surface area contributed by atoms with Gasteiger partial charge in [0.15, 0.2) is 23.8 Å². The van der Waals surface area contributed by atoms with Crippen LogP contribution in [0.2, 0.25) is 0 Å². The number of benzene rings is 2. The summed E-state index contributed by atoms with van der Waals surface area (Å²) >= 11 is 8.47. The second-order valence-electron chi connectivity index (χ2n) is 27.9. The normalized spacial score (nSPS) is 14.1. The predicted molar refractivity (Wildman–Crippen MR) is 441 cm³/mol. The van der Waals surface area contributed by atoms with Crippen LogP contribution in [-0.2, 0) is 89.6 Å². The molecule has 0 aliphatic heterocycles. The van der Waals surface area contributed by atoms with E-state index in [4.69, 9.17) is 56.0 Å². The van der Waals surface area contributed by atoms with Gasteiger partial charge in [0, 0.05) is 50.5 Å². The van der Waals surface area contributed by atoms with E-state index < -0.39 is 216 Å². The molecule has 0 bridgehead atoms. The number of thiol groups is 2. The molecule has 0 fully saturated rings. The van der Waals surface area contributed by atoms with Crippen LogP contribution in [0.1, 0.15) is 116 Å². The Labute approximate surface area is 693 Å². The number of Topliss-reactive ketones (excluding diaryl/α,β-unsaturated/α-hetero) is 1. The summed E-state index contributed by atoms with van der Waals surface area (Å²) in [4.78, 5) is 218. The van der Waals surface area contributed by atoms with Gasteiger partial charge in [-0.2, -0.15) is 25.3 Å². The van der Waals surface area contributed by atoms with Crippen molar-refractivity contribution in [3.8, 4) is 0 Å². The first-order valence-corrected chi connectivity index (χ1v) is 39.3. The van der Waals surface area contributed by atoms with Gasteiger partial charge in [-0.15, -0.1) is 0 Å². The number of hydrogen-bond acceptors (Lipinski definition) is 23. The fraction of sp³-hybridized carbons (Fsp3) is 0.556. The first-order chi connectivity index (χ1) is 55.7. The van der Waals surface area contributed by atoms with E-state index in [1.165, 1.54) is 6.92 Å². The number of carbonyl (C=O) groups excluding carboxylic acids is 15. The maximum Gasteiger partial charge on any atom is 0.305 e. The average Bonchev–Trinajstić information content (AvgIpc) is 0.853. The number of primary amides is 1. The van der Waals surface area contributed by atoms with Crippen LogP contribution in [0.25, 0.3) is 0 Å². The number of aliphatic carboxylic acids is 1. The summed E-state index contributed by atoms with van der Waals surface area (Å²) in [6.45, 7) is 6.61. The highest BCUT2D eigenvalue weighted by Crippen LogP contribution is 2.15. The number of nitrogens with two attached hydrogens (primary N) is 6. The minimum absolute atomic E-state index is 0.00330. The molecule has 0 aliphatic carbocycles. The third-order valence-corrected chi connectivity index (χ3v) is 18.4. The summed E-state index contributed by atoms with van der Waals surface area (Å²) in [5.74, 6) is -19.8. The van der Waals surface area contributed by atoms with E-state index in [0.717, 1.165) is 0 Å². The van der Waals surface area contributed by atoms with Crippen LogP contribution in [0.4, 0.5) is 0 Å². The molecule has 0 aliphatic rings. The zero-order chi connectivity index (χ0) is 88.7. The van der Waals surface area contributed by atoms with Crippen molar-refractivity contribution in [3.63, 3.8) is 0 Å². The van der Waals surface area contributed by atoms with Crippen molar-refractivity contribution in [2.24, 2.45) is 46.2 Å². The summed E-state index contributed by atoms with van der Waals surface area (Å²) in [5.41, 5.74) is 34.0. The molecular formula is C72H117N27O17S2. The Kier molecular flexibility index (Phi) is 47.3. The molecule has 14 amide bonds. The summed E-state index contributed by atoms with van der Waals surface area (Å²) in [6.07, 6.45) is -1.30. The maximum atomic E-state index is 14.6. The lowest BCUT2D eigenvalue weighted by Crippen LogP contribution is -2.61. The molecule has 654 valence electrons. The van der Waals surface area contributed by atoms with Crippen LogP contribution in [0.3, 0.4) is 0 Å². The first kappa shape index (κ1) is 102. The molecular weight excluding hydrogens is 1580 g/mol. The van der Waals surface area contributed by atoms with E-state index in [9.17, 15) is 81.8 Å². The van der Waals surface area contributed by atoms with Gasteiger partial charge >= 0.3 is 5.97 Å². The van der Waals surface area contributed by atoms with Gasteiger partial charge in [0.25, 0.3) is 5.91 Å². The Hall–Kier alpha value is -12.1. The molecule has 0 saturated carbocycles. The summed E-state index contributed by atoms with van der Waals surface area (Å²) in [7, 11) is 0. The number of carboxylic acids is 1. The Balaban J connectivity index is 2.39. The van der Waals surface area contributed by atoms with E-state index in [0.29, 0.717) is 17.5 Å². The first-order valence-electron chi connectivity index (χ1n) is 38.0. The van der Waals surface area contributed by atoms with Gasteiger partial charge in [-0.25, -0.2) is 0 Å². The Bertz CT molecular complexity index is 3780. The Morgan fingerprint density at radius 1 is 0.390 bits per heavy atom. The fourth-order valence-corrected chi connectivity index (χ4v) is 11.7. The molecule has 46 heteroatoms. The molecule has 44 nitrogen and oxygen atoms in total. The number of rotatable bonds is 56. The third-order valence-electron chi connectivity index (χ3n) is 17.7. The van der Waals surface area contributed by atoms with Crippen LogP contribution in [0.15, 0.2) is 60.7 Å². The highest BCUT2D eigenvalue weighted by molar-refractivity contribution is 7.80. The molecule has 0 heterocycles. The van der Waals surface area contributed by atoms with Crippen molar-refractivity contribution in [1.82, 2.24) is 90.4 Å². The molecule has 2 aromatic carbocycles. The lowest BCUT2D eigenvalue weighted by Gasteiger charge is -2.29. The van der Waals surface area contributed by atoms with E-state index in [-0.39, 0.29) is 114 Å². The van der Waals surface area contributed by atoms with Crippen molar-refractivity contribution in [1.29, 1.82) is 21.6 Å². The number of amides is 14. The maximum absolute atomic E-state index is 14.6. The van der Waals surface area contributed by atoms with Gasteiger partial charge in [-0.1, -0.05) is 94.8 Å². The zero-order valence-electron chi connectivity index (χ0n) is 66.5. The lowest BCUT2D eigenvalue weighted by molar-refractivity contribution is -0.142. The Morgan fingerprint density at radius 2 is 0.754 bits per heavy atom. The highest BCUT2D eigenvalue weighted by atomic mass is 32.1. The van der Waals surface area contributed by atoms with Crippen molar-refractivity contribution in [2.75, 3.05) is 50.8 Å². The molecule has 34 N–H and O–H groups in total. The van der Waals surface area contributed by atoms with Gasteiger partial charge in [0.2, 0.25) is 82.6 Å². The number of hydrogen-bond donors (Lipinski definition) is 30. The third kappa shape index (κ3) is 41.0. The van der Waals surface area contributed by atoms with E-state index in [1.54, 1.807) is 88.4 Å². The zero-order valence-corrected chi connectivity index (χ0v) is 68.3. The van der Waals surface area contributed by atoms with E-state index >= 15 is 0 Å². The largest absolute Gasteiger partial charge is 0.481 e. The summed E-state index contributed by atoms with van der Waals surface area (Å²) < 4.78 is 0. The van der Waals surface area contributed by atoms with E-state index in [2.05, 4.69) is 116 Å². The molecule has 0 spiro atoms. The van der Waals surface area contributed by atoms with Crippen LogP contribution in [-0.4, -0.2) is 247 Å². The van der Waals surface area contributed by atoms with Gasteiger partial charge < -0.3 is 130 Å². The van der Waals surface area contributed by atoms with Crippen LogP contribution in [0.5, 0.6) is 0 Å². The molecule has 118 heavy (non-hydrogen) atoms. The monoisotopic (exact) mass is 1700 g/mol. The van der Waals surface area contributed by atoms with Crippen molar-refractivity contribution >= 4 is 144 Å². The van der Waals surface area contributed by atoms with Crippen molar-refractivity contribution < 1.29 is 81.8 Å². The molecule has 0 radical (unpaired) electrons. The second kappa shape index (κ2) is 54.7. The van der Waals surface area contributed by atoms with Gasteiger partial charge in [0.1, 0.15) is 60.4 Å². The van der Waals surface area contributed by atoms with Gasteiger partial charge in [0.05, 0.1) is 31.6 Å². The highest BCUT2D eigenvalue weighted by Gasteiger charge is 2.38. The minimum Gasteiger partial charge on any atom is -0.481 e. The van der Waals surface area contributed by atoms with Crippen molar-refractivity contribution in [3.05, 3.63) is 71.8 Å². The molecule has 13 atom stereocenters. The number of ketones is 1. The standard InChI is InChI=1S/C72H117N27O17S2/c1-6-38(4)55(68(116)98-51(36-118)67(115)95-48(31-41-19-11-8-12-20-41)64(112)91-43(56(104)57(74)105)22-14-26-84-70(77)78)99-62(110)45(24-16-28-86-72(81)82)92-65(113)49(32-54(102)103)96-63(111)46(29-37(2)3)94-61(109)44(23-15-27-85-71(79)80)90-53(101)34-87-52(100)33-88-60(108)47(30-40-17-9-7-10-18-40)93-58(106)39(5)89-66(114)50(35-117)97-59(107)42(73)21-13-25-83-69(75)76/h7-12,17-20,37-39,42-51,55,117-118H,6,13-16,21-36,73H2,1-5H3,(H2,74,105)(H,87,100)(H,88,108)(H,89,114)(H,90,101)(H,91,112)(H,92,113)(H,93,106)(H,94,109)(H,95,115)(H,96,111)(H,97,107)(H,98,116)(H,99,110)(H,102,103)(H4,75,76,83)(H4,77,78,84)(H4,79,80,85)(H4,81,82,86)/t38-,39+,42-,43-,44-,45-,46-,47-,48-,49-,50-,51-,55-/m0/s1. The predicted octanol–water partition coefficient (Wildman–Crippen LogP) is -8.08. The van der Waals surface area contributed by atoms with Crippen LogP contribution < -0.4 is 125 Å². The molecule has 0 saturated heterocycles. The fourth-order valence-electron chi connectivity index (χ4n) is 11.1. The van der Waals surface area contributed by atoms with E-state index in [1.807, 2.05) is 0 Å². The molecule has 2 aromatic rings. The lowest BCUT2D eigenvalue weighted by atomic mass is 9.97. The SMILES string of the molecule is CC[C@H](C)[C@H](NC(=O)[C@H](CCCNC(=N)N)NC(=O)[C@H](CC(=O)O)NC(=O)[C@H](CC(C)C)NC(=O)[C@H](CCCNC(=N)N)NC(=O)CNC(=O)CNC(=O)[C@H](Cc1ccccc1)NC(=O)[C@@H](C)NC(=O)[C@H](CS)NC(=O)[C@@H](N)CCCNC(=N)N)C(=O)N[C@@H](CS)C(=O)N[C@@H](Cc1ccccc1)C(=O)N[C@@H](CCCNC(=N)N)C(=O)C(N)=O. The smallest absolute Gasteiger partial charge is 0.305 e. The van der Waals surface area contributed by atoms with Crippen molar-refractivity contribution in [2.45, 2.75) is 191 Å². The molecule has 2 rings (SSSR count). The summed E-state index contributed by atoms with van der Waals surface area (Å²) in [5, 5.41) is 82.4. The average molecular weight is 1700 g/mol. The minimum atomic E-state index is -1.99.